The normalized spacial score (nSPS) is 19.1. The highest BCUT2D eigenvalue weighted by atomic mass is 19.1. The van der Waals surface area contributed by atoms with Crippen molar-refractivity contribution in [2.24, 2.45) is 5.92 Å². The standard InChI is InChI=1S/C16H26FN3/c1-4-5-13-7-9-20(11-13)16-15(17)14(6-8-18-16)10-19-12(2)3/h6,8,12-13,19H,4-5,7,9-11H2,1-3H3. The fourth-order valence-corrected chi connectivity index (χ4v) is 2.81. The molecule has 112 valence electrons. The number of halogens is 1. The number of anilines is 1. The number of rotatable bonds is 6. The predicted octanol–water partition coefficient (Wildman–Crippen LogP) is 3.35. The van der Waals surface area contributed by atoms with Crippen LogP contribution in [0.2, 0.25) is 0 Å². The van der Waals surface area contributed by atoms with E-state index in [1.807, 2.05) is 0 Å². The van der Waals surface area contributed by atoms with E-state index in [9.17, 15) is 4.39 Å². The van der Waals surface area contributed by atoms with E-state index in [0.717, 1.165) is 19.5 Å². The summed E-state index contributed by atoms with van der Waals surface area (Å²) in [7, 11) is 0. The van der Waals surface area contributed by atoms with E-state index in [2.05, 4.69) is 36.0 Å². The zero-order valence-electron chi connectivity index (χ0n) is 12.8. The molecule has 1 fully saturated rings. The average molecular weight is 279 g/mol. The molecule has 1 aliphatic heterocycles. The topological polar surface area (TPSA) is 28.2 Å². The minimum absolute atomic E-state index is 0.155. The summed E-state index contributed by atoms with van der Waals surface area (Å²) in [5.74, 6) is 1.07. The monoisotopic (exact) mass is 279 g/mol. The minimum Gasteiger partial charge on any atom is -0.354 e. The van der Waals surface area contributed by atoms with Crippen LogP contribution in [0.4, 0.5) is 10.2 Å². The lowest BCUT2D eigenvalue weighted by Crippen LogP contribution is -2.25. The lowest BCUT2D eigenvalue weighted by Gasteiger charge is -2.19. The summed E-state index contributed by atoms with van der Waals surface area (Å²) in [5.41, 5.74) is 0.711. The Labute approximate surface area is 121 Å². The second-order valence-corrected chi connectivity index (χ2v) is 6.03. The lowest BCUT2D eigenvalue weighted by molar-refractivity contribution is 0.526. The van der Waals surface area contributed by atoms with Crippen molar-refractivity contribution in [1.82, 2.24) is 10.3 Å². The van der Waals surface area contributed by atoms with Crippen LogP contribution in [0.15, 0.2) is 12.3 Å². The summed E-state index contributed by atoms with van der Waals surface area (Å²) in [4.78, 5) is 6.37. The summed E-state index contributed by atoms with van der Waals surface area (Å²) in [6, 6.07) is 2.13. The Kier molecular flexibility index (Phi) is 5.35. The Morgan fingerprint density at radius 2 is 2.30 bits per heavy atom. The highest BCUT2D eigenvalue weighted by Gasteiger charge is 2.25. The molecule has 0 amide bonds. The maximum atomic E-state index is 14.5. The van der Waals surface area contributed by atoms with Crippen molar-refractivity contribution in [1.29, 1.82) is 0 Å². The summed E-state index contributed by atoms with van der Waals surface area (Å²) in [6.07, 6.45) is 5.31. The fourth-order valence-electron chi connectivity index (χ4n) is 2.81. The van der Waals surface area contributed by atoms with Crippen LogP contribution in [-0.2, 0) is 6.54 Å². The zero-order valence-corrected chi connectivity index (χ0v) is 12.8. The van der Waals surface area contributed by atoms with Crippen molar-refractivity contribution in [2.75, 3.05) is 18.0 Å². The molecule has 2 heterocycles. The Morgan fingerprint density at radius 3 is 3.00 bits per heavy atom. The van der Waals surface area contributed by atoms with Crippen LogP contribution >= 0.6 is 0 Å². The zero-order chi connectivity index (χ0) is 14.5. The van der Waals surface area contributed by atoms with Crippen LogP contribution in [0.3, 0.4) is 0 Å². The third-order valence-electron chi connectivity index (χ3n) is 3.93. The van der Waals surface area contributed by atoms with Gasteiger partial charge < -0.3 is 10.2 Å². The first-order valence-electron chi connectivity index (χ1n) is 7.73. The van der Waals surface area contributed by atoms with Crippen molar-refractivity contribution in [3.63, 3.8) is 0 Å². The average Bonchev–Trinajstić information content (AvgIpc) is 2.86. The second kappa shape index (κ2) is 7.02. The third-order valence-corrected chi connectivity index (χ3v) is 3.93. The van der Waals surface area contributed by atoms with E-state index >= 15 is 0 Å². The van der Waals surface area contributed by atoms with E-state index in [-0.39, 0.29) is 5.82 Å². The first kappa shape index (κ1) is 15.2. The van der Waals surface area contributed by atoms with Crippen LogP contribution in [0.5, 0.6) is 0 Å². The van der Waals surface area contributed by atoms with Crippen molar-refractivity contribution >= 4 is 5.82 Å². The maximum absolute atomic E-state index is 14.5. The van der Waals surface area contributed by atoms with E-state index in [0.29, 0.717) is 29.9 Å². The van der Waals surface area contributed by atoms with Gasteiger partial charge in [0.2, 0.25) is 0 Å². The second-order valence-electron chi connectivity index (χ2n) is 6.03. The molecule has 1 N–H and O–H groups in total. The van der Waals surface area contributed by atoms with Gasteiger partial charge in [-0.15, -0.1) is 0 Å². The molecule has 0 aliphatic carbocycles. The fraction of sp³-hybridized carbons (Fsp3) is 0.688. The smallest absolute Gasteiger partial charge is 0.170 e. The van der Waals surface area contributed by atoms with Crippen molar-refractivity contribution in [3.05, 3.63) is 23.6 Å². The van der Waals surface area contributed by atoms with Gasteiger partial charge in [0.25, 0.3) is 0 Å². The summed E-state index contributed by atoms with van der Waals surface area (Å²) in [6.45, 7) is 8.77. The predicted molar refractivity (Wildman–Crippen MR) is 81.4 cm³/mol. The third kappa shape index (κ3) is 3.69. The number of aromatic nitrogens is 1. The SMILES string of the molecule is CCCC1CCN(c2nccc(CNC(C)C)c2F)C1. The number of hydrogen-bond donors (Lipinski definition) is 1. The maximum Gasteiger partial charge on any atom is 0.170 e. The van der Waals surface area contributed by atoms with Crippen LogP contribution < -0.4 is 10.2 Å². The summed E-state index contributed by atoms with van der Waals surface area (Å²) >= 11 is 0. The van der Waals surface area contributed by atoms with E-state index in [4.69, 9.17) is 0 Å². The molecule has 1 aromatic heterocycles. The van der Waals surface area contributed by atoms with Crippen LogP contribution in [0.1, 0.15) is 45.6 Å². The molecule has 1 aromatic rings. The van der Waals surface area contributed by atoms with Crippen LogP contribution in [0.25, 0.3) is 0 Å². The van der Waals surface area contributed by atoms with Gasteiger partial charge in [-0.1, -0.05) is 27.2 Å². The van der Waals surface area contributed by atoms with Gasteiger partial charge in [-0.25, -0.2) is 9.37 Å². The molecule has 1 aliphatic rings. The van der Waals surface area contributed by atoms with Gasteiger partial charge in [0.05, 0.1) is 0 Å². The molecular weight excluding hydrogens is 253 g/mol. The van der Waals surface area contributed by atoms with Gasteiger partial charge in [0, 0.05) is 37.4 Å². The Balaban J connectivity index is 2.07. The quantitative estimate of drug-likeness (QED) is 0.865. The van der Waals surface area contributed by atoms with Gasteiger partial charge in [0.15, 0.2) is 11.6 Å². The molecular formula is C16H26FN3. The minimum atomic E-state index is -0.155. The Hall–Kier alpha value is -1.16. The highest BCUT2D eigenvalue weighted by molar-refractivity contribution is 5.44. The number of nitrogens with zero attached hydrogens (tertiary/aromatic N) is 2. The molecule has 4 heteroatoms. The summed E-state index contributed by atoms with van der Waals surface area (Å²) in [5, 5.41) is 3.26. The van der Waals surface area contributed by atoms with Crippen LogP contribution in [0, 0.1) is 11.7 Å². The Bertz CT molecular complexity index is 434. The molecule has 1 atom stereocenters. The molecule has 2 rings (SSSR count). The van der Waals surface area contributed by atoms with Gasteiger partial charge in [-0.2, -0.15) is 0 Å². The van der Waals surface area contributed by atoms with Crippen molar-refractivity contribution < 1.29 is 4.39 Å². The van der Waals surface area contributed by atoms with Gasteiger partial charge >= 0.3 is 0 Å². The van der Waals surface area contributed by atoms with E-state index in [1.54, 1.807) is 12.3 Å². The molecule has 0 saturated carbocycles. The van der Waals surface area contributed by atoms with Gasteiger partial charge in [-0.3, -0.25) is 0 Å². The van der Waals surface area contributed by atoms with Gasteiger partial charge in [0.1, 0.15) is 0 Å². The van der Waals surface area contributed by atoms with Crippen LogP contribution in [-0.4, -0.2) is 24.1 Å². The molecule has 1 unspecified atom stereocenters. The van der Waals surface area contributed by atoms with E-state index < -0.39 is 0 Å². The first-order valence-corrected chi connectivity index (χ1v) is 7.73. The molecule has 0 spiro atoms. The molecule has 0 bridgehead atoms. The van der Waals surface area contributed by atoms with Gasteiger partial charge in [-0.05, 0) is 24.8 Å². The van der Waals surface area contributed by atoms with Crippen molar-refractivity contribution in [3.8, 4) is 0 Å². The lowest BCUT2D eigenvalue weighted by atomic mass is 10.0. The molecule has 0 radical (unpaired) electrons. The Morgan fingerprint density at radius 1 is 1.50 bits per heavy atom. The first-order chi connectivity index (χ1) is 9.61. The van der Waals surface area contributed by atoms with E-state index in [1.165, 1.54) is 12.8 Å². The molecule has 3 nitrogen and oxygen atoms in total. The largest absolute Gasteiger partial charge is 0.354 e. The molecule has 0 aromatic carbocycles. The molecule has 20 heavy (non-hydrogen) atoms. The number of nitrogens with one attached hydrogen (secondary N) is 1. The molecule has 1 saturated heterocycles. The summed E-state index contributed by atoms with van der Waals surface area (Å²) < 4.78 is 14.5. The number of hydrogen-bond acceptors (Lipinski definition) is 3. The number of pyridine rings is 1. The van der Waals surface area contributed by atoms with Crippen molar-refractivity contribution in [2.45, 2.75) is 52.6 Å². The highest BCUT2D eigenvalue weighted by Crippen LogP contribution is 2.28.